The molecule has 1 atom stereocenters. The summed E-state index contributed by atoms with van der Waals surface area (Å²) in [5.41, 5.74) is 6.05. The van der Waals surface area contributed by atoms with E-state index in [2.05, 4.69) is 24.5 Å². The highest BCUT2D eigenvalue weighted by Crippen LogP contribution is 2.34. The molecule has 1 fully saturated rings. The van der Waals surface area contributed by atoms with Gasteiger partial charge in [-0.2, -0.15) is 8.78 Å². The second-order valence-electron chi connectivity index (χ2n) is 10.7. The zero-order valence-corrected chi connectivity index (χ0v) is 23.9. The summed E-state index contributed by atoms with van der Waals surface area (Å²) in [6, 6.07) is 15.9. The highest BCUT2D eigenvalue weighted by molar-refractivity contribution is 6.12. The highest BCUT2D eigenvalue weighted by atomic mass is 19.3. The molecule has 4 nitrogen and oxygen atoms in total. The standard InChI is InChI=1S/C33H39F3N4/c1-6-24(4)38-32(28-11-9-12-29(34)19-28)31-23(3)18-26(20-37-31)21-39-16-14-27(15-17-39)25(5)40(33(35)36)30-13-8-7-10-22(30)2/h7-13,18-20,24,27,33H,5-6,14-17,21H2,1-4H3. The van der Waals surface area contributed by atoms with Crippen molar-refractivity contribution in [3.63, 3.8) is 0 Å². The van der Waals surface area contributed by atoms with E-state index in [9.17, 15) is 13.2 Å². The second-order valence-corrected chi connectivity index (χ2v) is 10.7. The number of aryl methyl sites for hydroxylation is 2. The normalized spacial score (nSPS) is 15.8. The number of allylic oxidation sites excluding steroid dienone is 1. The van der Waals surface area contributed by atoms with Gasteiger partial charge in [-0.25, -0.2) is 4.39 Å². The SMILES string of the molecule is C=C(C1CCN(Cc2cnc(C(=NC(C)CC)c3cccc(F)c3)c(C)c2)CC1)N(c1ccccc1C)C(F)F. The van der Waals surface area contributed by atoms with E-state index in [4.69, 9.17) is 9.98 Å². The molecule has 0 spiro atoms. The van der Waals surface area contributed by atoms with E-state index < -0.39 is 6.55 Å². The van der Waals surface area contributed by atoms with Crippen molar-refractivity contribution in [3.05, 3.63) is 107 Å². The number of aliphatic imine (C=N–C) groups is 1. The van der Waals surface area contributed by atoms with Crippen LogP contribution in [-0.4, -0.2) is 41.3 Å². The molecule has 2 heterocycles. The van der Waals surface area contributed by atoms with Crippen molar-refractivity contribution in [2.24, 2.45) is 10.9 Å². The number of halogens is 3. The number of nitrogens with zero attached hydrogens (tertiary/aromatic N) is 4. The van der Waals surface area contributed by atoms with Gasteiger partial charge in [0.1, 0.15) is 5.82 Å². The summed E-state index contributed by atoms with van der Waals surface area (Å²) in [7, 11) is 0. The largest absolute Gasteiger partial charge is 0.319 e. The van der Waals surface area contributed by atoms with Crippen LogP contribution in [0.2, 0.25) is 0 Å². The lowest BCUT2D eigenvalue weighted by Gasteiger charge is -2.37. The molecule has 2 aromatic carbocycles. The van der Waals surface area contributed by atoms with E-state index in [1.165, 1.54) is 12.1 Å². The second kappa shape index (κ2) is 13.3. The first kappa shape index (κ1) is 29.5. The fourth-order valence-corrected chi connectivity index (χ4v) is 5.29. The van der Waals surface area contributed by atoms with Crippen molar-refractivity contribution in [1.82, 2.24) is 9.88 Å². The van der Waals surface area contributed by atoms with E-state index in [-0.39, 0.29) is 17.8 Å². The van der Waals surface area contributed by atoms with Crippen LogP contribution in [0, 0.1) is 25.6 Å². The Hall–Kier alpha value is -3.45. The molecule has 0 N–H and O–H groups in total. The smallest absolute Gasteiger partial charge is 0.299 e. The van der Waals surface area contributed by atoms with Gasteiger partial charge in [-0.15, -0.1) is 0 Å². The Balaban J connectivity index is 1.44. The summed E-state index contributed by atoms with van der Waals surface area (Å²) in [6.45, 7) is 11.8. The van der Waals surface area contributed by atoms with Crippen LogP contribution in [0.4, 0.5) is 18.9 Å². The molecule has 1 aliphatic rings. The van der Waals surface area contributed by atoms with E-state index in [0.29, 0.717) is 17.1 Å². The molecule has 212 valence electrons. The van der Waals surface area contributed by atoms with Crippen molar-refractivity contribution < 1.29 is 13.2 Å². The minimum atomic E-state index is -2.64. The maximum atomic E-state index is 14.1. The van der Waals surface area contributed by atoms with Gasteiger partial charge in [0, 0.05) is 41.6 Å². The van der Waals surface area contributed by atoms with Gasteiger partial charge >= 0.3 is 6.55 Å². The third-order valence-electron chi connectivity index (χ3n) is 7.74. The number of anilines is 1. The number of pyridine rings is 1. The van der Waals surface area contributed by atoms with Crippen LogP contribution in [-0.2, 0) is 6.54 Å². The predicted octanol–water partition coefficient (Wildman–Crippen LogP) is 7.93. The van der Waals surface area contributed by atoms with Crippen molar-refractivity contribution in [3.8, 4) is 0 Å². The molecule has 0 amide bonds. The first-order chi connectivity index (χ1) is 19.2. The van der Waals surface area contributed by atoms with Crippen molar-refractivity contribution in [2.45, 2.75) is 66.1 Å². The van der Waals surface area contributed by atoms with Crippen LogP contribution in [0.5, 0.6) is 0 Å². The van der Waals surface area contributed by atoms with Gasteiger partial charge in [0.15, 0.2) is 0 Å². The Morgan fingerprint density at radius 2 is 1.80 bits per heavy atom. The average molecular weight is 549 g/mol. The fourth-order valence-electron chi connectivity index (χ4n) is 5.29. The van der Waals surface area contributed by atoms with Crippen molar-refractivity contribution >= 4 is 11.4 Å². The Morgan fingerprint density at radius 3 is 2.42 bits per heavy atom. The Labute approximate surface area is 236 Å². The zero-order chi connectivity index (χ0) is 28.8. The number of piperidine rings is 1. The van der Waals surface area contributed by atoms with E-state index in [0.717, 1.165) is 71.7 Å². The molecular formula is C33H39F3N4. The molecule has 4 rings (SSSR count). The van der Waals surface area contributed by atoms with Crippen LogP contribution in [0.3, 0.4) is 0 Å². The number of likely N-dealkylation sites (tertiary alicyclic amines) is 1. The quantitative estimate of drug-likeness (QED) is 0.190. The topological polar surface area (TPSA) is 31.7 Å². The summed E-state index contributed by atoms with van der Waals surface area (Å²) in [5.74, 6) is -0.303. The minimum Gasteiger partial charge on any atom is -0.299 e. The van der Waals surface area contributed by atoms with E-state index in [1.54, 1.807) is 18.2 Å². The maximum absolute atomic E-state index is 14.1. The number of hydrogen-bond donors (Lipinski definition) is 0. The van der Waals surface area contributed by atoms with Gasteiger partial charge in [0.05, 0.1) is 11.4 Å². The molecule has 0 aliphatic carbocycles. The van der Waals surface area contributed by atoms with Crippen molar-refractivity contribution in [1.29, 1.82) is 0 Å². The molecule has 0 bridgehead atoms. The highest BCUT2D eigenvalue weighted by Gasteiger charge is 2.29. The molecule has 40 heavy (non-hydrogen) atoms. The Kier molecular flexibility index (Phi) is 9.80. The molecular weight excluding hydrogens is 509 g/mol. The summed E-state index contributed by atoms with van der Waals surface area (Å²) in [4.78, 5) is 13.1. The van der Waals surface area contributed by atoms with Crippen LogP contribution >= 0.6 is 0 Å². The van der Waals surface area contributed by atoms with Gasteiger partial charge in [-0.05, 0) is 88.0 Å². The maximum Gasteiger partial charge on any atom is 0.319 e. The van der Waals surface area contributed by atoms with Crippen LogP contribution < -0.4 is 4.90 Å². The van der Waals surface area contributed by atoms with Gasteiger partial charge in [-0.1, -0.05) is 49.9 Å². The number of aromatic nitrogens is 1. The summed E-state index contributed by atoms with van der Waals surface area (Å²) in [6.07, 6.45) is 4.28. The van der Waals surface area contributed by atoms with Crippen molar-refractivity contribution in [2.75, 3.05) is 18.0 Å². The monoisotopic (exact) mass is 548 g/mol. The van der Waals surface area contributed by atoms with Gasteiger partial charge in [0.25, 0.3) is 0 Å². The Morgan fingerprint density at radius 1 is 1.07 bits per heavy atom. The number of benzene rings is 2. The van der Waals surface area contributed by atoms with Crippen LogP contribution in [0.1, 0.15) is 61.1 Å². The van der Waals surface area contributed by atoms with E-state index in [1.807, 2.05) is 45.2 Å². The molecule has 1 aliphatic heterocycles. The third-order valence-corrected chi connectivity index (χ3v) is 7.74. The fraction of sp³-hybridized carbons (Fsp3) is 0.394. The van der Waals surface area contributed by atoms with Gasteiger partial charge in [0.2, 0.25) is 0 Å². The molecule has 1 aromatic heterocycles. The number of rotatable bonds is 10. The zero-order valence-electron chi connectivity index (χ0n) is 23.9. The first-order valence-electron chi connectivity index (χ1n) is 14.0. The summed E-state index contributed by atoms with van der Waals surface area (Å²) in [5, 5.41) is 0. The lowest BCUT2D eigenvalue weighted by atomic mass is 9.92. The lowest BCUT2D eigenvalue weighted by Crippen LogP contribution is -2.38. The van der Waals surface area contributed by atoms with Crippen LogP contribution in [0.25, 0.3) is 0 Å². The number of hydrogen-bond acceptors (Lipinski definition) is 4. The molecule has 1 saturated heterocycles. The molecule has 7 heteroatoms. The number of alkyl halides is 2. The van der Waals surface area contributed by atoms with Gasteiger partial charge in [-0.3, -0.25) is 19.8 Å². The Bertz CT molecular complexity index is 1350. The summed E-state index contributed by atoms with van der Waals surface area (Å²) < 4.78 is 42.2. The lowest BCUT2D eigenvalue weighted by molar-refractivity contribution is 0.139. The van der Waals surface area contributed by atoms with E-state index >= 15 is 0 Å². The molecule has 1 unspecified atom stereocenters. The number of para-hydroxylation sites is 1. The summed E-state index contributed by atoms with van der Waals surface area (Å²) >= 11 is 0. The predicted molar refractivity (Wildman–Crippen MR) is 158 cm³/mol. The molecule has 0 saturated carbocycles. The minimum absolute atomic E-state index is 0.00214. The average Bonchev–Trinajstić information content (AvgIpc) is 2.93. The third kappa shape index (κ3) is 7.00. The first-order valence-corrected chi connectivity index (χ1v) is 14.0. The molecule has 3 aromatic rings. The van der Waals surface area contributed by atoms with Gasteiger partial charge < -0.3 is 0 Å². The molecule has 0 radical (unpaired) electrons. The van der Waals surface area contributed by atoms with Crippen LogP contribution in [0.15, 0.2) is 78.1 Å².